The molecule has 1 aromatic heterocycles. The number of para-hydroxylation sites is 1. The van der Waals surface area contributed by atoms with Gasteiger partial charge < -0.3 is 0 Å². The average molecular weight is 242 g/mol. The first kappa shape index (κ1) is 11.1. The van der Waals surface area contributed by atoms with Crippen molar-refractivity contribution in [2.24, 2.45) is 5.92 Å². The first-order chi connectivity index (χ1) is 8.84. The van der Waals surface area contributed by atoms with Gasteiger partial charge in [-0.25, -0.2) is 0 Å². The van der Waals surface area contributed by atoms with Gasteiger partial charge in [-0.05, 0) is 35.4 Å². The van der Waals surface area contributed by atoms with E-state index in [-0.39, 0.29) is 5.92 Å². The maximum atomic E-state index is 11.7. The Bertz CT molecular complexity index is 549. The lowest BCUT2D eigenvalue weighted by atomic mass is 10.0. The topological polar surface area (TPSA) is 60.7 Å². The molecule has 1 unspecified atom stereocenters. The Hall–Kier alpha value is -2.04. The number of Topliss-reactive ketones (excluding diaryl/α,β-unsaturated/α-hetero) is 1. The van der Waals surface area contributed by atoms with Crippen LogP contribution in [0.4, 0.5) is 0 Å². The predicted molar refractivity (Wildman–Crippen MR) is 65.2 cm³/mol. The third kappa shape index (κ3) is 2.03. The molecule has 2 aromatic rings. The third-order valence-electron chi connectivity index (χ3n) is 3.39. The average Bonchev–Trinajstić information content (AvgIpc) is 3.01. The van der Waals surface area contributed by atoms with E-state index in [9.17, 15) is 4.79 Å². The van der Waals surface area contributed by atoms with Crippen LogP contribution in [0.25, 0.3) is 5.69 Å². The number of tetrazole rings is 1. The highest BCUT2D eigenvalue weighted by molar-refractivity contribution is 5.83. The molecule has 0 bridgehead atoms. The van der Waals surface area contributed by atoms with Crippen molar-refractivity contribution in [1.29, 1.82) is 0 Å². The molecule has 1 aliphatic carbocycles. The second kappa shape index (κ2) is 4.68. The summed E-state index contributed by atoms with van der Waals surface area (Å²) in [5.74, 6) is 1.21. The first-order valence-electron chi connectivity index (χ1n) is 6.20. The van der Waals surface area contributed by atoms with Gasteiger partial charge in [0.2, 0.25) is 0 Å². The van der Waals surface area contributed by atoms with Crippen LogP contribution in [0.3, 0.4) is 0 Å². The third-order valence-corrected chi connectivity index (χ3v) is 3.39. The van der Waals surface area contributed by atoms with Crippen LogP contribution in [0.1, 0.15) is 25.1 Å². The second-order valence-corrected chi connectivity index (χ2v) is 4.60. The summed E-state index contributed by atoms with van der Waals surface area (Å²) in [5, 5.41) is 11.8. The van der Waals surface area contributed by atoms with E-state index in [2.05, 4.69) is 15.5 Å². The van der Waals surface area contributed by atoms with Gasteiger partial charge in [0.1, 0.15) is 5.78 Å². The number of ketones is 1. The van der Waals surface area contributed by atoms with Crippen LogP contribution in [0.15, 0.2) is 30.3 Å². The molecular formula is C13H14N4O. The molecule has 0 spiro atoms. The summed E-state index contributed by atoms with van der Waals surface area (Å²) >= 11 is 0. The minimum absolute atomic E-state index is 0.0958. The van der Waals surface area contributed by atoms with Gasteiger partial charge in [0, 0.05) is 18.8 Å². The molecular weight excluding hydrogens is 228 g/mol. The minimum atomic E-state index is 0.0958. The van der Waals surface area contributed by atoms with Crippen LogP contribution < -0.4 is 0 Å². The lowest BCUT2D eigenvalue weighted by Crippen LogP contribution is -2.13. The lowest BCUT2D eigenvalue weighted by molar-refractivity contribution is -0.120. The van der Waals surface area contributed by atoms with Gasteiger partial charge in [-0.2, -0.15) is 4.68 Å². The summed E-state index contributed by atoms with van der Waals surface area (Å²) < 4.78 is 1.71. The summed E-state index contributed by atoms with van der Waals surface area (Å²) in [5.41, 5.74) is 0.933. The number of benzene rings is 1. The fraction of sp³-hybridized carbons (Fsp3) is 0.385. The van der Waals surface area contributed by atoms with Crippen molar-refractivity contribution in [3.8, 4) is 5.69 Å². The number of carbonyl (C=O) groups is 1. The van der Waals surface area contributed by atoms with Crippen LogP contribution in [-0.2, 0) is 11.2 Å². The van der Waals surface area contributed by atoms with Gasteiger partial charge >= 0.3 is 0 Å². The van der Waals surface area contributed by atoms with E-state index in [1.54, 1.807) is 4.68 Å². The SMILES string of the molecule is O=C1CCCC1Cc1nnnn1-c1ccccc1. The molecule has 5 nitrogen and oxygen atoms in total. The summed E-state index contributed by atoms with van der Waals surface area (Å²) in [6.07, 6.45) is 3.30. The Kier molecular flexibility index (Phi) is 2.88. The van der Waals surface area contributed by atoms with Gasteiger partial charge in [0.25, 0.3) is 0 Å². The predicted octanol–water partition coefficient (Wildman–Crippen LogP) is 1.57. The molecule has 18 heavy (non-hydrogen) atoms. The van der Waals surface area contributed by atoms with Gasteiger partial charge in [0.15, 0.2) is 5.82 Å². The van der Waals surface area contributed by atoms with E-state index < -0.39 is 0 Å². The zero-order chi connectivity index (χ0) is 12.4. The van der Waals surface area contributed by atoms with E-state index in [0.717, 1.165) is 24.4 Å². The Morgan fingerprint density at radius 1 is 1.28 bits per heavy atom. The number of nitrogens with zero attached hydrogens (tertiary/aromatic N) is 4. The van der Waals surface area contributed by atoms with Gasteiger partial charge in [-0.3, -0.25) is 4.79 Å². The number of carbonyl (C=O) groups excluding carboxylic acids is 1. The van der Waals surface area contributed by atoms with Crippen molar-refractivity contribution in [3.63, 3.8) is 0 Å². The van der Waals surface area contributed by atoms with E-state index in [1.807, 2.05) is 30.3 Å². The number of hydrogen-bond acceptors (Lipinski definition) is 4. The van der Waals surface area contributed by atoms with E-state index in [1.165, 1.54) is 0 Å². The summed E-state index contributed by atoms with van der Waals surface area (Å²) in [7, 11) is 0. The van der Waals surface area contributed by atoms with Crippen LogP contribution in [0, 0.1) is 5.92 Å². The van der Waals surface area contributed by atoms with E-state index >= 15 is 0 Å². The fourth-order valence-corrected chi connectivity index (χ4v) is 2.43. The smallest absolute Gasteiger partial charge is 0.157 e. The molecule has 92 valence electrons. The molecule has 1 aliphatic rings. The van der Waals surface area contributed by atoms with Crippen LogP contribution in [0.2, 0.25) is 0 Å². The maximum absolute atomic E-state index is 11.7. The normalized spacial score (nSPS) is 19.3. The zero-order valence-corrected chi connectivity index (χ0v) is 9.99. The standard InChI is InChI=1S/C13H14N4O/c18-12-8-4-5-10(12)9-13-14-15-16-17(13)11-6-2-1-3-7-11/h1-3,6-7,10H,4-5,8-9H2. The van der Waals surface area contributed by atoms with E-state index in [4.69, 9.17) is 0 Å². The first-order valence-corrected chi connectivity index (χ1v) is 6.20. The minimum Gasteiger partial charge on any atom is -0.299 e. The molecule has 1 aromatic carbocycles. The van der Waals surface area contributed by atoms with Crippen molar-refractivity contribution in [2.75, 3.05) is 0 Å². The van der Waals surface area contributed by atoms with Gasteiger partial charge in [-0.1, -0.05) is 18.2 Å². The van der Waals surface area contributed by atoms with E-state index in [0.29, 0.717) is 18.6 Å². The highest BCUT2D eigenvalue weighted by Crippen LogP contribution is 2.24. The monoisotopic (exact) mass is 242 g/mol. The van der Waals surface area contributed by atoms with Crippen molar-refractivity contribution in [3.05, 3.63) is 36.2 Å². The Balaban J connectivity index is 1.86. The molecule has 0 radical (unpaired) electrons. The molecule has 1 saturated carbocycles. The fourth-order valence-electron chi connectivity index (χ4n) is 2.43. The van der Waals surface area contributed by atoms with Gasteiger partial charge in [0.05, 0.1) is 5.69 Å². The highest BCUT2D eigenvalue weighted by atomic mass is 16.1. The highest BCUT2D eigenvalue weighted by Gasteiger charge is 2.26. The molecule has 0 amide bonds. The quantitative estimate of drug-likeness (QED) is 0.819. The summed E-state index contributed by atoms with van der Waals surface area (Å²) in [6.45, 7) is 0. The Labute approximate surface area is 105 Å². The second-order valence-electron chi connectivity index (χ2n) is 4.60. The van der Waals surface area contributed by atoms with Crippen molar-refractivity contribution < 1.29 is 4.79 Å². The summed E-state index contributed by atoms with van der Waals surface area (Å²) in [4.78, 5) is 11.7. The van der Waals surface area contributed by atoms with Crippen molar-refractivity contribution >= 4 is 5.78 Å². The van der Waals surface area contributed by atoms with Crippen LogP contribution in [0.5, 0.6) is 0 Å². The molecule has 0 aliphatic heterocycles. The van der Waals surface area contributed by atoms with Crippen LogP contribution in [-0.4, -0.2) is 26.0 Å². The molecule has 1 heterocycles. The molecule has 1 atom stereocenters. The lowest BCUT2D eigenvalue weighted by Gasteiger charge is -2.07. The molecule has 0 N–H and O–H groups in total. The molecule has 0 saturated heterocycles. The summed E-state index contributed by atoms with van der Waals surface area (Å²) in [6, 6.07) is 9.75. The maximum Gasteiger partial charge on any atom is 0.157 e. The Morgan fingerprint density at radius 2 is 2.11 bits per heavy atom. The number of rotatable bonds is 3. The van der Waals surface area contributed by atoms with Crippen LogP contribution >= 0.6 is 0 Å². The van der Waals surface area contributed by atoms with Crippen molar-refractivity contribution in [2.45, 2.75) is 25.7 Å². The van der Waals surface area contributed by atoms with Gasteiger partial charge in [-0.15, -0.1) is 5.10 Å². The molecule has 5 heteroatoms. The largest absolute Gasteiger partial charge is 0.299 e. The zero-order valence-electron chi connectivity index (χ0n) is 9.99. The Morgan fingerprint density at radius 3 is 2.83 bits per heavy atom. The van der Waals surface area contributed by atoms with Crippen molar-refractivity contribution in [1.82, 2.24) is 20.2 Å². The number of aromatic nitrogens is 4. The molecule has 3 rings (SSSR count). The molecule has 1 fully saturated rings. The number of hydrogen-bond donors (Lipinski definition) is 0.